The van der Waals surface area contributed by atoms with Gasteiger partial charge in [-0.15, -0.1) is 12.6 Å². The van der Waals surface area contributed by atoms with Crippen LogP contribution in [0.15, 0.2) is 121 Å². The zero-order valence-electron chi connectivity index (χ0n) is 21.8. The average Bonchev–Trinajstić information content (AvgIpc) is 2.99. The second kappa shape index (κ2) is 14.3. The Hall–Kier alpha value is -3.13. The fourth-order valence-electron chi connectivity index (χ4n) is 4.60. The first kappa shape index (κ1) is 27.4. The van der Waals surface area contributed by atoms with Crippen LogP contribution in [0.2, 0.25) is 0 Å². The molecule has 4 aromatic carbocycles. The average molecular weight is 543 g/mol. The SMILES string of the molecule is S[C@@H]1O[C@H](COCc2ccccc2)[C@@H](OCc2ccccc2)[C@H](Oc2ccccc2)[C@H]1OCc1ccccc1. The number of hydrogen-bond donors (Lipinski definition) is 1. The molecule has 1 saturated heterocycles. The summed E-state index contributed by atoms with van der Waals surface area (Å²) in [5, 5.41) is 0. The first-order valence-corrected chi connectivity index (χ1v) is 13.8. The molecule has 5 atom stereocenters. The van der Waals surface area contributed by atoms with Crippen molar-refractivity contribution in [2.24, 2.45) is 0 Å². The van der Waals surface area contributed by atoms with Crippen LogP contribution in [0.25, 0.3) is 0 Å². The van der Waals surface area contributed by atoms with Crippen molar-refractivity contribution >= 4 is 12.6 Å². The maximum atomic E-state index is 6.59. The number of thiol groups is 1. The van der Waals surface area contributed by atoms with E-state index < -0.39 is 29.9 Å². The minimum absolute atomic E-state index is 0.325. The molecule has 0 N–H and O–H groups in total. The van der Waals surface area contributed by atoms with Crippen molar-refractivity contribution in [3.8, 4) is 5.75 Å². The summed E-state index contributed by atoms with van der Waals surface area (Å²) in [6.07, 6.45) is -1.85. The van der Waals surface area contributed by atoms with E-state index in [4.69, 9.17) is 36.3 Å². The predicted octanol–water partition coefficient (Wildman–Crippen LogP) is 6.48. The van der Waals surface area contributed by atoms with Gasteiger partial charge in [-0.3, -0.25) is 0 Å². The highest BCUT2D eigenvalue weighted by Crippen LogP contribution is 2.32. The quantitative estimate of drug-likeness (QED) is 0.208. The molecular weight excluding hydrogens is 508 g/mol. The van der Waals surface area contributed by atoms with Crippen molar-refractivity contribution in [3.63, 3.8) is 0 Å². The van der Waals surface area contributed by atoms with E-state index in [2.05, 4.69) is 0 Å². The Balaban J connectivity index is 1.38. The first-order valence-electron chi connectivity index (χ1n) is 13.2. The molecule has 0 saturated carbocycles. The zero-order chi connectivity index (χ0) is 26.7. The van der Waals surface area contributed by atoms with Gasteiger partial charge >= 0.3 is 0 Å². The fraction of sp³-hybridized carbons (Fsp3) is 0.273. The third-order valence-electron chi connectivity index (χ3n) is 6.59. The van der Waals surface area contributed by atoms with Gasteiger partial charge in [0, 0.05) is 0 Å². The molecule has 0 aliphatic carbocycles. The van der Waals surface area contributed by atoms with E-state index in [-0.39, 0.29) is 0 Å². The van der Waals surface area contributed by atoms with Gasteiger partial charge in [0.25, 0.3) is 0 Å². The molecular formula is C33H34O5S. The van der Waals surface area contributed by atoms with E-state index in [1.54, 1.807) is 0 Å². The van der Waals surface area contributed by atoms with Gasteiger partial charge in [-0.2, -0.15) is 0 Å². The maximum absolute atomic E-state index is 6.59. The predicted molar refractivity (Wildman–Crippen MR) is 155 cm³/mol. The lowest BCUT2D eigenvalue weighted by Crippen LogP contribution is -2.61. The van der Waals surface area contributed by atoms with Crippen LogP contribution in [0, 0.1) is 0 Å². The molecule has 1 aliphatic rings. The Morgan fingerprint density at radius 1 is 0.538 bits per heavy atom. The van der Waals surface area contributed by atoms with E-state index >= 15 is 0 Å². The monoisotopic (exact) mass is 542 g/mol. The molecule has 5 nitrogen and oxygen atoms in total. The molecule has 0 aromatic heterocycles. The number of hydrogen-bond acceptors (Lipinski definition) is 6. The molecule has 0 unspecified atom stereocenters. The van der Waals surface area contributed by atoms with Crippen molar-refractivity contribution in [1.82, 2.24) is 0 Å². The summed E-state index contributed by atoms with van der Waals surface area (Å²) in [4.78, 5) is 0. The van der Waals surface area contributed by atoms with Gasteiger partial charge in [0.1, 0.15) is 29.5 Å². The molecule has 0 amide bonds. The third kappa shape index (κ3) is 7.94. The lowest BCUT2D eigenvalue weighted by atomic mass is 9.98. The highest BCUT2D eigenvalue weighted by Gasteiger charge is 2.48. The van der Waals surface area contributed by atoms with E-state index in [9.17, 15) is 0 Å². The van der Waals surface area contributed by atoms with Crippen LogP contribution in [-0.2, 0) is 38.8 Å². The molecule has 1 fully saturated rings. The zero-order valence-corrected chi connectivity index (χ0v) is 22.6. The normalized spacial score (nSPS) is 22.8. The lowest BCUT2D eigenvalue weighted by Gasteiger charge is -2.44. The van der Waals surface area contributed by atoms with Gasteiger partial charge in [0.2, 0.25) is 0 Å². The summed E-state index contributed by atoms with van der Waals surface area (Å²) >= 11 is 4.82. The highest BCUT2D eigenvalue weighted by molar-refractivity contribution is 7.80. The number of benzene rings is 4. The van der Waals surface area contributed by atoms with E-state index in [1.165, 1.54) is 0 Å². The Morgan fingerprint density at radius 2 is 1.00 bits per heavy atom. The number of para-hydroxylation sites is 1. The van der Waals surface area contributed by atoms with E-state index in [0.717, 1.165) is 22.4 Å². The van der Waals surface area contributed by atoms with Crippen molar-refractivity contribution in [2.75, 3.05) is 6.61 Å². The van der Waals surface area contributed by atoms with Gasteiger partial charge in [-0.05, 0) is 28.8 Å². The van der Waals surface area contributed by atoms with Crippen molar-refractivity contribution in [2.45, 2.75) is 49.7 Å². The van der Waals surface area contributed by atoms with Crippen LogP contribution in [0.5, 0.6) is 5.75 Å². The minimum Gasteiger partial charge on any atom is -0.485 e. The summed E-state index contributed by atoms with van der Waals surface area (Å²) in [5.74, 6) is 0.732. The molecule has 0 radical (unpaired) electrons. The minimum atomic E-state index is -0.538. The first-order chi connectivity index (χ1) is 19.3. The van der Waals surface area contributed by atoms with Crippen LogP contribution in [0.1, 0.15) is 16.7 Å². The van der Waals surface area contributed by atoms with Gasteiger partial charge in [-0.25, -0.2) is 0 Å². The van der Waals surface area contributed by atoms with Crippen molar-refractivity contribution < 1.29 is 23.7 Å². The van der Waals surface area contributed by atoms with Gasteiger partial charge < -0.3 is 23.7 Å². The van der Waals surface area contributed by atoms with Crippen LogP contribution < -0.4 is 4.74 Å². The Morgan fingerprint density at radius 3 is 1.54 bits per heavy atom. The lowest BCUT2D eigenvalue weighted by molar-refractivity contribution is -0.233. The largest absolute Gasteiger partial charge is 0.485 e. The molecule has 202 valence electrons. The molecule has 39 heavy (non-hydrogen) atoms. The van der Waals surface area contributed by atoms with Crippen LogP contribution in [0.3, 0.4) is 0 Å². The number of ether oxygens (including phenoxy) is 5. The number of rotatable bonds is 12. The molecule has 1 aliphatic heterocycles. The fourth-order valence-corrected chi connectivity index (χ4v) is 5.01. The Kier molecular flexibility index (Phi) is 10.1. The summed E-state index contributed by atoms with van der Waals surface area (Å²) in [5.41, 5.74) is 2.68. The molecule has 6 heteroatoms. The van der Waals surface area contributed by atoms with Crippen LogP contribution in [0.4, 0.5) is 0 Å². The molecule has 0 spiro atoms. The second-order valence-electron chi connectivity index (χ2n) is 9.48. The maximum Gasteiger partial charge on any atom is 0.157 e. The second-order valence-corrected chi connectivity index (χ2v) is 9.99. The molecule has 0 bridgehead atoms. The molecule has 4 aromatic rings. The summed E-state index contributed by atoms with van der Waals surface area (Å²) in [7, 11) is 0. The Bertz CT molecular complexity index is 1230. The smallest absolute Gasteiger partial charge is 0.157 e. The van der Waals surface area contributed by atoms with Crippen molar-refractivity contribution in [3.05, 3.63) is 138 Å². The summed E-state index contributed by atoms with van der Waals surface area (Å²) in [6.45, 7) is 1.61. The van der Waals surface area contributed by atoms with Gasteiger partial charge in [0.05, 0.1) is 26.4 Å². The molecule has 5 rings (SSSR count). The standard InChI is InChI=1S/C33H34O5S/c39-33-32(36-23-27-17-9-3-10-18-27)31(37-28-19-11-4-12-20-28)30(35-22-26-15-7-2-8-16-26)29(38-33)24-34-21-25-13-5-1-6-14-25/h1-20,29-33,39H,21-24H2/t29-,30-,31+,32-,33+/m1/s1. The van der Waals surface area contributed by atoms with Crippen molar-refractivity contribution in [1.29, 1.82) is 0 Å². The third-order valence-corrected chi connectivity index (χ3v) is 7.00. The van der Waals surface area contributed by atoms with E-state index in [0.29, 0.717) is 26.4 Å². The van der Waals surface area contributed by atoms with Gasteiger partial charge in [0.15, 0.2) is 6.10 Å². The topological polar surface area (TPSA) is 46.2 Å². The Labute approximate surface area is 236 Å². The summed E-state index contributed by atoms with van der Waals surface area (Å²) in [6, 6.07) is 40.0. The summed E-state index contributed by atoms with van der Waals surface area (Å²) < 4.78 is 32.1. The van der Waals surface area contributed by atoms with Crippen LogP contribution in [-0.4, -0.2) is 36.5 Å². The molecule has 1 heterocycles. The highest BCUT2D eigenvalue weighted by atomic mass is 32.1. The van der Waals surface area contributed by atoms with Gasteiger partial charge in [-0.1, -0.05) is 109 Å². The van der Waals surface area contributed by atoms with E-state index in [1.807, 2.05) is 121 Å². The van der Waals surface area contributed by atoms with Crippen LogP contribution >= 0.6 is 12.6 Å².